The smallest absolute Gasteiger partial charge is 0.161 e. The van der Waals surface area contributed by atoms with Gasteiger partial charge in [0.15, 0.2) is 11.5 Å². The largest absolute Gasteiger partial charge is 0.493 e. The van der Waals surface area contributed by atoms with Crippen LogP contribution in [0.15, 0.2) is 18.2 Å². The lowest BCUT2D eigenvalue weighted by molar-refractivity contribution is 0.0540. The molecule has 0 fully saturated rings. The third-order valence-corrected chi connectivity index (χ3v) is 2.59. The van der Waals surface area contributed by atoms with Crippen LogP contribution < -0.4 is 9.47 Å². The Labute approximate surface area is 114 Å². The minimum atomic E-state index is -0.527. The quantitative estimate of drug-likeness (QED) is 0.693. The van der Waals surface area contributed by atoms with E-state index >= 15 is 0 Å². The van der Waals surface area contributed by atoms with Crippen LogP contribution in [0.25, 0.3) is 0 Å². The van der Waals surface area contributed by atoms with E-state index in [4.69, 9.17) is 18.9 Å². The molecule has 1 aromatic carbocycles. The van der Waals surface area contributed by atoms with E-state index in [2.05, 4.69) is 0 Å². The molecular weight excluding hydrogens is 248 g/mol. The second kappa shape index (κ2) is 8.74. The average molecular weight is 270 g/mol. The normalized spacial score (nSPS) is 12.2. The van der Waals surface area contributed by atoms with Gasteiger partial charge in [-0.05, 0) is 24.6 Å². The third kappa shape index (κ3) is 5.46. The topological polar surface area (TPSA) is 57.2 Å². The minimum absolute atomic E-state index is 0.439. The van der Waals surface area contributed by atoms with E-state index in [0.717, 1.165) is 5.56 Å². The van der Waals surface area contributed by atoms with Gasteiger partial charge < -0.3 is 24.1 Å². The maximum atomic E-state index is 9.50. The van der Waals surface area contributed by atoms with Gasteiger partial charge in [0.1, 0.15) is 6.61 Å². The highest BCUT2D eigenvalue weighted by Gasteiger charge is 2.08. The molecule has 1 rings (SSSR count). The summed E-state index contributed by atoms with van der Waals surface area (Å²) in [7, 11) is 3.21. The van der Waals surface area contributed by atoms with Crippen LogP contribution in [0.1, 0.15) is 18.6 Å². The second-order valence-electron chi connectivity index (χ2n) is 4.04. The summed E-state index contributed by atoms with van der Waals surface area (Å²) in [6, 6.07) is 5.37. The van der Waals surface area contributed by atoms with E-state index in [0.29, 0.717) is 37.9 Å². The van der Waals surface area contributed by atoms with Crippen molar-refractivity contribution in [2.75, 3.05) is 40.6 Å². The number of aliphatic hydroxyl groups is 1. The van der Waals surface area contributed by atoms with Gasteiger partial charge in [-0.3, -0.25) is 0 Å². The first-order valence-corrected chi connectivity index (χ1v) is 6.24. The van der Waals surface area contributed by atoms with E-state index in [1.165, 1.54) is 0 Å². The van der Waals surface area contributed by atoms with E-state index in [-0.39, 0.29) is 0 Å². The Morgan fingerprint density at radius 1 is 1.05 bits per heavy atom. The van der Waals surface area contributed by atoms with Gasteiger partial charge in [0.05, 0.1) is 33.0 Å². The highest BCUT2D eigenvalue weighted by Crippen LogP contribution is 2.30. The molecule has 5 nitrogen and oxygen atoms in total. The molecule has 0 aliphatic rings. The zero-order chi connectivity index (χ0) is 14.1. The first-order chi connectivity index (χ1) is 9.19. The van der Waals surface area contributed by atoms with Crippen LogP contribution in [-0.4, -0.2) is 45.8 Å². The Bertz CT molecular complexity index is 365. The van der Waals surface area contributed by atoms with Gasteiger partial charge in [-0.1, -0.05) is 6.07 Å². The molecule has 108 valence electrons. The van der Waals surface area contributed by atoms with Gasteiger partial charge in [0.25, 0.3) is 0 Å². The van der Waals surface area contributed by atoms with Gasteiger partial charge in [-0.2, -0.15) is 0 Å². The van der Waals surface area contributed by atoms with Gasteiger partial charge in [0.2, 0.25) is 0 Å². The van der Waals surface area contributed by atoms with Crippen LogP contribution in [0.5, 0.6) is 11.5 Å². The molecule has 5 heteroatoms. The number of benzene rings is 1. The predicted octanol–water partition coefficient (Wildman–Crippen LogP) is 1.79. The summed E-state index contributed by atoms with van der Waals surface area (Å²) >= 11 is 0. The van der Waals surface area contributed by atoms with Gasteiger partial charge >= 0.3 is 0 Å². The molecule has 0 heterocycles. The first kappa shape index (κ1) is 15.8. The third-order valence-electron chi connectivity index (χ3n) is 2.59. The maximum Gasteiger partial charge on any atom is 0.161 e. The van der Waals surface area contributed by atoms with Crippen molar-refractivity contribution in [1.29, 1.82) is 0 Å². The van der Waals surface area contributed by atoms with Crippen LogP contribution in [0, 0.1) is 0 Å². The summed E-state index contributed by atoms with van der Waals surface area (Å²) in [5, 5.41) is 9.50. The Hall–Kier alpha value is -1.30. The Morgan fingerprint density at radius 2 is 1.79 bits per heavy atom. The summed E-state index contributed by atoms with van der Waals surface area (Å²) in [5.74, 6) is 1.25. The van der Waals surface area contributed by atoms with E-state index in [1.807, 2.05) is 6.07 Å². The molecule has 0 radical (unpaired) electrons. The van der Waals surface area contributed by atoms with Crippen molar-refractivity contribution >= 4 is 0 Å². The lowest BCUT2D eigenvalue weighted by Crippen LogP contribution is -2.10. The molecule has 1 aromatic rings. The molecule has 0 bridgehead atoms. The molecule has 19 heavy (non-hydrogen) atoms. The highest BCUT2D eigenvalue weighted by atomic mass is 16.5. The van der Waals surface area contributed by atoms with E-state index in [1.54, 1.807) is 33.3 Å². The molecule has 0 spiro atoms. The van der Waals surface area contributed by atoms with Crippen molar-refractivity contribution in [2.24, 2.45) is 0 Å². The molecule has 0 saturated carbocycles. The number of methoxy groups -OCH3 is 2. The first-order valence-electron chi connectivity index (χ1n) is 6.24. The van der Waals surface area contributed by atoms with Crippen molar-refractivity contribution in [3.05, 3.63) is 23.8 Å². The fourth-order valence-corrected chi connectivity index (χ4v) is 1.52. The van der Waals surface area contributed by atoms with Crippen LogP contribution in [0.3, 0.4) is 0 Å². The van der Waals surface area contributed by atoms with Gasteiger partial charge in [0, 0.05) is 7.11 Å². The van der Waals surface area contributed by atoms with Gasteiger partial charge in [-0.25, -0.2) is 0 Å². The fourth-order valence-electron chi connectivity index (χ4n) is 1.52. The number of hydrogen-bond donors (Lipinski definition) is 1. The summed E-state index contributed by atoms with van der Waals surface area (Å²) in [5.41, 5.74) is 0.792. The fraction of sp³-hybridized carbons (Fsp3) is 0.571. The average Bonchev–Trinajstić information content (AvgIpc) is 2.42. The zero-order valence-corrected chi connectivity index (χ0v) is 11.7. The van der Waals surface area contributed by atoms with E-state index in [9.17, 15) is 5.11 Å². The van der Waals surface area contributed by atoms with Crippen molar-refractivity contribution in [2.45, 2.75) is 13.0 Å². The van der Waals surface area contributed by atoms with Crippen molar-refractivity contribution in [3.63, 3.8) is 0 Å². The Morgan fingerprint density at radius 3 is 2.42 bits per heavy atom. The molecule has 0 aliphatic carbocycles. The van der Waals surface area contributed by atoms with Crippen LogP contribution in [0.2, 0.25) is 0 Å². The molecule has 1 atom stereocenters. The molecule has 0 unspecified atom stereocenters. The maximum absolute atomic E-state index is 9.50. The Kier molecular flexibility index (Phi) is 7.25. The zero-order valence-electron chi connectivity index (χ0n) is 11.7. The second-order valence-corrected chi connectivity index (χ2v) is 4.04. The van der Waals surface area contributed by atoms with E-state index < -0.39 is 6.10 Å². The monoisotopic (exact) mass is 270 g/mol. The van der Waals surface area contributed by atoms with Crippen LogP contribution in [-0.2, 0) is 9.47 Å². The number of hydrogen-bond acceptors (Lipinski definition) is 5. The molecule has 0 amide bonds. The summed E-state index contributed by atoms with van der Waals surface area (Å²) in [6.07, 6.45) is -0.527. The van der Waals surface area contributed by atoms with Crippen LogP contribution >= 0.6 is 0 Å². The molecule has 1 N–H and O–H groups in total. The lowest BCUT2D eigenvalue weighted by atomic mass is 10.1. The number of rotatable bonds is 9. The summed E-state index contributed by atoms with van der Waals surface area (Å²) in [6.45, 7) is 3.77. The molecule has 0 aromatic heterocycles. The summed E-state index contributed by atoms with van der Waals surface area (Å²) in [4.78, 5) is 0. The van der Waals surface area contributed by atoms with Crippen LogP contribution in [0.4, 0.5) is 0 Å². The predicted molar refractivity (Wildman–Crippen MR) is 71.8 cm³/mol. The lowest BCUT2D eigenvalue weighted by Gasteiger charge is -2.13. The van der Waals surface area contributed by atoms with Gasteiger partial charge in [-0.15, -0.1) is 0 Å². The standard InChI is InChI=1S/C14H22O5/c1-11(15)12-4-5-13(14(10-12)17-3)19-9-8-18-7-6-16-2/h4-5,10-11,15H,6-9H2,1-3H3/t11-/m0/s1. The SMILES string of the molecule is COCCOCCOc1ccc([C@H](C)O)cc1OC. The highest BCUT2D eigenvalue weighted by molar-refractivity contribution is 5.43. The molecule has 0 saturated heterocycles. The molecular formula is C14H22O5. The molecule has 0 aliphatic heterocycles. The summed E-state index contributed by atoms with van der Waals surface area (Å²) < 4.78 is 21.0. The van der Waals surface area contributed by atoms with Crippen molar-refractivity contribution in [3.8, 4) is 11.5 Å². The minimum Gasteiger partial charge on any atom is -0.493 e. The van der Waals surface area contributed by atoms with Crippen molar-refractivity contribution in [1.82, 2.24) is 0 Å². The number of ether oxygens (including phenoxy) is 4. The van der Waals surface area contributed by atoms with Crippen molar-refractivity contribution < 1.29 is 24.1 Å². The number of aliphatic hydroxyl groups excluding tert-OH is 1. The Balaban J connectivity index is 2.44.